The van der Waals surface area contributed by atoms with Crippen LogP contribution in [0.4, 0.5) is 0 Å². The Hall–Kier alpha value is -1.26. The largest absolute Gasteiger partial charge is 0.504 e. The number of hydrogen-bond acceptors (Lipinski definition) is 3. The number of benzene rings is 1. The molecule has 1 heterocycles. The van der Waals surface area contributed by atoms with Gasteiger partial charge >= 0.3 is 0 Å². The van der Waals surface area contributed by atoms with E-state index in [1.807, 2.05) is 6.07 Å². The standard InChI is InChI=1S/C12H17NO3/c1-7-8-5-12(16-3)10(14)4-9(8)11(15)6-13(7)2/h4-5,7,11,14-15H,6H2,1-3H3/p+1/t7-,11+/m0/s1. The molecule has 0 spiro atoms. The Kier molecular flexibility index (Phi) is 2.78. The van der Waals surface area contributed by atoms with Crippen molar-refractivity contribution in [3.63, 3.8) is 0 Å². The minimum Gasteiger partial charge on any atom is -0.504 e. The third-order valence-electron chi connectivity index (χ3n) is 3.46. The molecule has 3 N–H and O–H groups in total. The van der Waals surface area contributed by atoms with Gasteiger partial charge in [-0.2, -0.15) is 0 Å². The number of ether oxygens (including phenoxy) is 1. The number of aliphatic hydroxyl groups is 1. The molecule has 1 unspecified atom stereocenters. The molecule has 1 aliphatic rings. The van der Waals surface area contributed by atoms with Crippen LogP contribution in [0.15, 0.2) is 12.1 Å². The van der Waals surface area contributed by atoms with Gasteiger partial charge in [-0.1, -0.05) is 0 Å². The molecule has 0 aliphatic carbocycles. The van der Waals surface area contributed by atoms with Crippen LogP contribution in [0.3, 0.4) is 0 Å². The number of quaternary nitrogens is 1. The fourth-order valence-electron chi connectivity index (χ4n) is 2.28. The van der Waals surface area contributed by atoms with Gasteiger partial charge in [0.25, 0.3) is 0 Å². The molecule has 0 amide bonds. The lowest BCUT2D eigenvalue weighted by atomic mass is 9.91. The Balaban J connectivity index is 2.54. The minimum absolute atomic E-state index is 0.0899. The zero-order chi connectivity index (χ0) is 11.9. The van der Waals surface area contributed by atoms with Crippen LogP contribution >= 0.6 is 0 Å². The van der Waals surface area contributed by atoms with Gasteiger partial charge in [0.2, 0.25) is 0 Å². The van der Waals surface area contributed by atoms with Crippen LogP contribution in [0.2, 0.25) is 0 Å². The molecule has 88 valence electrons. The van der Waals surface area contributed by atoms with Crippen LogP contribution in [-0.2, 0) is 0 Å². The van der Waals surface area contributed by atoms with E-state index >= 15 is 0 Å². The number of rotatable bonds is 1. The second-order valence-electron chi connectivity index (χ2n) is 4.44. The van der Waals surface area contributed by atoms with Crippen LogP contribution in [-0.4, -0.2) is 30.9 Å². The lowest BCUT2D eigenvalue weighted by Crippen LogP contribution is -3.10. The number of aliphatic hydroxyl groups excluding tert-OH is 1. The maximum atomic E-state index is 9.96. The van der Waals surface area contributed by atoms with E-state index in [1.54, 1.807) is 6.07 Å². The van der Waals surface area contributed by atoms with Gasteiger partial charge in [-0.25, -0.2) is 0 Å². The first-order valence-corrected chi connectivity index (χ1v) is 5.45. The Morgan fingerprint density at radius 3 is 2.69 bits per heavy atom. The lowest BCUT2D eigenvalue weighted by molar-refractivity contribution is -0.916. The highest BCUT2D eigenvalue weighted by molar-refractivity contribution is 5.48. The zero-order valence-corrected chi connectivity index (χ0v) is 9.82. The van der Waals surface area contributed by atoms with Gasteiger partial charge in [-0.05, 0) is 24.6 Å². The summed E-state index contributed by atoms with van der Waals surface area (Å²) >= 11 is 0. The first-order chi connectivity index (χ1) is 7.54. The van der Waals surface area contributed by atoms with Gasteiger partial charge in [0.05, 0.1) is 14.2 Å². The van der Waals surface area contributed by atoms with Crippen LogP contribution in [0, 0.1) is 0 Å². The van der Waals surface area contributed by atoms with E-state index in [2.05, 4.69) is 14.0 Å². The van der Waals surface area contributed by atoms with E-state index in [9.17, 15) is 10.2 Å². The van der Waals surface area contributed by atoms with Crippen LogP contribution in [0.25, 0.3) is 0 Å². The predicted octanol–water partition coefficient (Wildman–Crippen LogP) is 0.0235. The summed E-state index contributed by atoms with van der Waals surface area (Å²) in [5, 5.41) is 19.7. The molecule has 4 heteroatoms. The number of nitrogens with one attached hydrogen (secondary N) is 1. The molecule has 0 fully saturated rings. The normalized spacial score (nSPS) is 28.6. The van der Waals surface area contributed by atoms with Gasteiger partial charge in [0, 0.05) is 5.56 Å². The molecule has 0 saturated heterocycles. The van der Waals surface area contributed by atoms with Crippen molar-refractivity contribution in [3.05, 3.63) is 23.3 Å². The SMILES string of the molecule is COc1cc2c(cc1O)[C@H](O)C[NH+](C)[C@H]2C. The first kappa shape index (κ1) is 11.2. The van der Waals surface area contributed by atoms with E-state index in [-0.39, 0.29) is 5.75 Å². The van der Waals surface area contributed by atoms with Crippen LogP contribution in [0.1, 0.15) is 30.2 Å². The van der Waals surface area contributed by atoms with E-state index in [4.69, 9.17) is 4.74 Å². The monoisotopic (exact) mass is 224 g/mol. The average Bonchev–Trinajstić information content (AvgIpc) is 2.25. The second kappa shape index (κ2) is 3.96. The van der Waals surface area contributed by atoms with Crippen molar-refractivity contribution < 1.29 is 19.8 Å². The Morgan fingerprint density at radius 1 is 1.38 bits per heavy atom. The molecular weight excluding hydrogens is 206 g/mol. The Bertz CT molecular complexity index is 405. The Morgan fingerprint density at radius 2 is 2.06 bits per heavy atom. The third kappa shape index (κ3) is 1.64. The van der Waals surface area contributed by atoms with E-state index < -0.39 is 6.10 Å². The van der Waals surface area contributed by atoms with E-state index in [0.717, 1.165) is 11.1 Å². The summed E-state index contributed by atoms with van der Waals surface area (Å²) in [7, 11) is 3.58. The van der Waals surface area contributed by atoms with Crippen LogP contribution < -0.4 is 9.64 Å². The van der Waals surface area contributed by atoms with Gasteiger partial charge < -0.3 is 19.8 Å². The molecule has 4 nitrogen and oxygen atoms in total. The van der Waals surface area contributed by atoms with Crippen molar-refractivity contribution >= 4 is 0 Å². The maximum Gasteiger partial charge on any atom is 0.161 e. The number of hydrogen-bond donors (Lipinski definition) is 3. The van der Waals surface area contributed by atoms with Gasteiger partial charge in [0.15, 0.2) is 11.5 Å². The highest BCUT2D eigenvalue weighted by Crippen LogP contribution is 2.35. The first-order valence-electron chi connectivity index (χ1n) is 5.45. The van der Waals surface area contributed by atoms with Crippen molar-refractivity contribution in [2.75, 3.05) is 20.7 Å². The lowest BCUT2D eigenvalue weighted by Gasteiger charge is -2.32. The number of likely N-dealkylation sites (N-methyl/N-ethyl adjacent to an activating group) is 1. The molecule has 0 bridgehead atoms. The summed E-state index contributed by atoms with van der Waals surface area (Å²) < 4.78 is 5.09. The average molecular weight is 224 g/mol. The highest BCUT2D eigenvalue weighted by atomic mass is 16.5. The summed E-state index contributed by atoms with van der Waals surface area (Å²) in [6, 6.07) is 3.73. The van der Waals surface area contributed by atoms with Crippen molar-refractivity contribution in [2.24, 2.45) is 0 Å². The molecule has 1 aliphatic heterocycles. The second-order valence-corrected chi connectivity index (χ2v) is 4.44. The quantitative estimate of drug-likeness (QED) is 0.630. The number of fused-ring (bicyclic) bond motifs is 1. The number of methoxy groups -OCH3 is 1. The fourth-order valence-corrected chi connectivity index (χ4v) is 2.28. The predicted molar refractivity (Wildman–Crippen MR) is 59.8 cm³/mol. The summed E-state index contributed by atoms with van der Waals surface area (Å²) in [5.41, 5.74) is 1.86. The fraction of sp³-hybridized carbons (Fsp3) is 0.500. The molecule has 3 atom stereocenters. The molecule has 2 rings (SSSR count). The summed E-state index contributed by atoms with van der Waals surface area (Å²) in [6.07, 6.45) is -0.511. The smallest absolute Gasteiger partial charge is 0.161 e. The van der Waals surface area contributed by atoms with Gasteiger partial charge in [-0.15, -0.1) is 0 Å². The summed E-state index contributed by atoms with van der Waals surface area (Å²) in [5.74, 6) is 0.555. The number of phenolic OH excluding ortho intramolecular Hbond substituents is 1. The van der Waals surface area contributed by atoms with Crippen molar-refractivity contribution in [3.8, 4) is 11.5 Å². The number of aromatic hydroxyl groups is 1. The molecule has 0 saturated carbocycles. The third-order valence-corrected chi connectivity index (χ3v) is 3.46. The van der Waals surface area contributed by atoms with Crippen molar-refractivity contribution in [2.45, 2.75) is 19.1 Å². The minimum atomic E-state index is -0.511. The highest BCUT2D eigenvalue weighted by Gasteiger charge is 2.31. The zero-order valence-electron chi connectivity index (χ0n) is 9.82. The maximum absolute atomic E-state index is 9.96. The van der Waals surface area contributed by atoms with Crippen LogP contribution in [0.5, 0.6) is 11.5 Å². The topological polar surface area (TPSA) is 54.1 Å². The van der Waals surface area contributed by atoms with Crippen molar-refractivity contribution in [1.29, 1.82) is 0 Å². The van der Waals surface area contributed by atoms with Gasteiger partial charge in [-0.3, -0.25) is 0 Å². The molecular formula is C12H18NO3+. The molecule has 0 aromatic heterocycles. The van der Waals surface area contributed by atoms with Gasteiger partial charge in [0.1, 0.15) is 18.7 Å². The molecule has 1 aromatic rings. The number of phenols is 1. The molecule has 1 aromatic carbocycles. The van der Waals surface area contributed by atoms with Crippen molar-refractivity contribution in [1.82, 2.24) is 0 Å². The molecule has 0 radical (unpaired) electrons. The Labute approximate surface area is 95.1 Å². The summed E-state index contributed by atoms with van der Waals surface area (Å²) in [4.78, 5) is 1.26. The summed E-state index contributed by atoms with van der Waals surface area (Å²) in [6.45, 7) is 2.77. The van der Waals surface area contributed by atoms with E-state index in [1.165, 1.54) is 12.0 Å². The molecule has 16 heavy (non-hydrogen) atoms. The van der Waals surface area contributed by atoms with E-state index in [0.29, 0.717) is 18.3 Å².